The molecule has 0 spiro atoms. The minimum atomic E-state index is 0.0163. The van der Waals surface area contributed by atoms with Gasteiger partial charge in [-0.25, -0.2) is 0 Å². The van der Waals surface area contributed by atoms with E-state index in [2.05, 4.69) is 20.5 Å². The minimum absolute atomic E-state index is 0.0163. The van der Waals surface area contributed by atoms with Crippen LogP contribution in [0.5, 0.6) is 0 Å². The number of hydrogen-bond acceptors (Lipinski definition) is 6. The van der Waals surface area contributed by atoms with Gasteiger partial charge in [-0.15, -0.1) is 10.2 Å². The van der Waals surface area contributed by atoms with E-state index in [1.54, 1.807) is 6.07 Å². The molecule has 6 nitrogen and oxygen atoms in total. The summed E-state index contributed by atoms with van der Waals surface area (Å²) >= 11 is 1.36. The van der Waals surface area contributed by atoms with Crippen LogP contribution in [-0.4, -0.2) is 15.2 Å². The Hall–Kier alpha value is -2.25. The van der Waals surface area contributed by atoms with E-state index in [0.29, 0.717) is 11.7 Å². The van der Waals surface area contributed by atoms with Crippen LogP contribution >= 0.6 is 11.3 Å². The predicted molar refractivity (Wildman–Crippen MR) is 93.6 cm³/mol. The maximum Gasteiger partial charge on any atom is 0.203 e. The van der Waals surface area contributed by atoms with Crippen LogP contribution in [0.15, 0.2) is 23.0 Å². The molecule has 0 radical (unpaired) electrons. The minimum Gasteiger partial charge on any atom is -0.374 e. The molecule has 0 saturated carbocycles. The molecule has 0 fully saturated rings. The number of aryl methyl sites for hydroxylation is 2. The maximum atomic E-state index is 12.4. The number of nitrogens with two attached hydrogens (primary N) is 1. The van der Waals surface area contributed by atoms with Gasteiger partial charge in [0.1, 0.15) is 5.01 Å². The molecule has 0 aliphatic carbocycles. The fourth-order valence-corrected chi connectivity index (χ4v) is 3.22. The van der Waals surface area contributed by atoms with Crippen molar-refractivity contribution in [3.63, 3.8) is 0 Å². The van der Waals surface area contributed by atoms with E-state index in [1.165, 1.54) is 11.3 Å². The van der Waals surface area contributed by atoms with E-state index >= 15 is 0 Å². The van der Waals surface area contributed by atoms with Gasteiger partial charge in [-0.2, -0.15) is 0 Å². The van der Waals surface area contributed by atoms with Crippen LogP contribution in [0.25, 0.3) is 10.9 Å². The van der Waals surface area contributed by atoms with E-state index in [1.807, 2.05) is 32.9 Å². The number of rotatable bonds is 4. The second-order valence-corrected chi connectivity index (χ2v) is 6.73. The molecule has 23 heavy (non-hydrogen) atoms. The van der Waals surface area contributed by atoms with Gasteiger partial charge in [0.2, 0.25) is 5.13 Å². The van der Waals surface area contributed by atoms with Crippen molar-refractivity contribution in [3.05, 3.63) is 50.3 Å². The third kappa shape index (κ3) is 3.11. The van der Waals surface area contributed by atoms with Gasteiger partial charge in [0.15, 0.2) is 5.43 Å². The molecule has 0 saturated heterocycles. The predicted octanol–water partition coefficient (Wildman–Crippen LogP) is 2.43. The fraction of sp³-hybridized carbons (Fsp3) is 0.312. The summed E-state index contributed by atoms with van der Waals surface area (Å²) in [5, 5.41) is 13.2. The Morgan fingerprint density at radius 3 is 2.74 bits per heavy atom. The topological polar surface area (TPSA) is 96.7 Å². The van der Waals surface area contributed by atoms with Crippen LogP contribution < -0.4 is 16.5 Å². The molecule has 4 N–H and O–H groups in total. The molecule has 2 aromatic heterocycles. The largest absolute Gasteiger partial charge is 0.374 e. The summed E-state index contributed by atoms with van der Waals surface area (Å²) in [4.78, 5) is 15.8. The highest BCUT2D eigenvalue weighted by atomic mass is 32.1. The van der Waals surface area contributed by atoms with Crippen molar-refractivity contribution in [3.8, 4) is 0 Å². The summed E-state index contributed by atoms with van der Waals surface area (Å²) in [5.41, 5.74) is 9.46. The van der Waals surface area contributed by atoms with Crippen LogP contribution in [0.4, 0.5) is 5.13 Å². The fourth-order valence-electron chi connectivity index (χ4n) is 2.58. The molecule has 3 rings (SSSR count). The second-order valence-electron chi connectivity index (χ2n) is 5.69. The molecule has 1 aromatic carbocycles. The van der Waals surface area contributed by atoms with Crippen molar-refractivity contribution in [2.75, 3.05) is 5.73 Å². The number of hydrogen-bond donors (Lipinski definition) is 3. The lowest BCUT2D eigenvalue weighted by molar-refractivity contribution is 0.561. The van der Waals surface area contributed by atoms with Crippen molar-refractivity contribution < 1.29 is 0 Å². The number of pyridine rings is 1. The van der Waals surface area contributed by atoms with Gasteiger partial charge in [-0.3, -0.25) is 4.79 Å². The van der Waals surface area contributed by atoms with Crippen LogP contribution in [0.2, 0.25) is 0 Å². The molecular weight excluding hydrogens is 310 g/mol. The number of benzene rings is 1. The maximum absolute atomic E-state index is 12.4. The lowest BCUT2D eigenvalue weighted by Crippen LogP contribution is -2.20. The van der Waals surface area contributed by atoms with Crippen LogP contribution in [0.1, 0.15) is 34.8 Å². The normalized spacial score (nSPS) is 12.7. The Balaban J connectivity index is 1.86. The Bertz CT molecular complexity index is 914. The number of anilines is 1. The first-order valence-electron chi connectivity index (χ1n) is 7.40. The van der Waals surface area contributed by atoms with Crippen molar-refractivity contribution in [2.24, 2.45) is 0 Å². The summed E-state index contributed by atoms with van der Waals surface area (Å²) in [6, 6.07) is 5.68. The molecule has 0 amide bonds. The number of aromatic nitrogens is 3. The Morgan fingerprint density at radius 2 is 2.04 bits per heavy atom. The first-order chi connectivity index (χ1) is 11.0. The summed E-state index contributed by atoms with van der Waals surface area (Å²) in [6.07, 6.45) is 0. The second kappa shape index (κ2) is 6.10. The Morgan fingerprint density at radius 1 is 1.30 bits per heavy atom. The van der Waals surface area contributed by atoms with E-state index in [0.717, 1.165) is 32.7 Å². The lowest BCUT2D eigenvalue weighted by Gasteiger charge is -2.12. The highest BCUT2D eigenvalue weighted by molar-refractivity contribution is 7.15. The third-order valence-corrected chi connectivity index (χ3v) is 4.82. The number of nitrogens with one attached hydrogen (secondary N) is 2. The van der Waals surface area contributed by atoms with Crippen molar-refractivity contribution >= 4 is 27.4 Å². The van der Waals surface area contributed by atoms with E-state index in [-0.39, 0.29) is 11.5 Å². The van der Waals surface area contributed by atoms with Gasteiger partial charge in [-0.1, -0.05) is 23.5 Å². The smallest absolute Gasteiger partial charge is 0.203 e. The molecule has 1 atom stereocenters. The SMILES string of the molecule is Cc1ccc(C)c2c(=O)cc(CN[C@@H](C)c3nnc(N)s3)[nH]c12. The highest BCUT2D eigenvalue weighted by Gasteiger charge is 2.12. The molecule has 0 aliphatic heterocycles. The van der Waals surface area contributed by atoms with Gasteiger partial charge >= 0.3 is 0 Å². The average Bonchev–Trinajstić information content (AvgIpc) is 2.95. The molecule has 120 valence electrons. The highest BCUT2D eigenvalue weighted by Crippen LogP contribution is 2.20. The number of aromatic amines is 1. The van der Waals surface area contributed by atoms with E-state index in [9.17, 15) is 4.79 Å². The summed E-state index contributed by atoms with van der Waals surface area (Å²) in [5.74, 6) is 0. The zero-order valence-corrected chi connectivity index (χ0v) is 14.1. The van der Waals surface area contributed by atoms with Gasteiger partial charge in [0.25, 0.3) is 0 Å². The molecule has 7 heteroatoms. The standard InChI is InChI=1S/C16H19N5OS/c1-8-4-5-9(2)14-13(8)12(22)6-11(19-14)7-18-10(3)15-20-21-16(17)23-15/h4-6,10,18H,7H2,1-3H3,(H2,17,21)(H,19,22)/t10-/m0/s1. The molecule has 2 heterocycles. The van der Waals surface area contributed by atoms with Gasteiger partial charge in [0, 0.05) is 23.7 Å². The van der Waals surface area contributed by atoms with Crippen LogP contribution in [-0.2, 0) is 6.54 Å². The monoisotopic (exact) mass is 329 g/mol. The summed E-state index contributed by atoms with van der Waals surface area (Å²) < 4.78 is 0. The van der Waals surface area contributed by atoms with Crippen LogP contribution in [0, 0.1) is 13.8 Å². The van der Waals surface area contributed by atoms with Crippen LogP contribution in [0.3, 0.4) is 0 Å². The quantitative estimate of drug-likeness (QED) is 0.683. The lowest BCUT2D eigenvalue weighted by atomic mass is 10.0. The summed E-state index contributed by atoms with van der Waals surface area (Å²) in [7, 11) is 0. The Kier molecular flexibility index (Phi) is 4.14. The average molecular weight is 329 g/mol. The van der Waals surface area contributed by atoms with Crippen molar-refractivity contribution in [1.29, 1.82) is 0 Å². The first kappa shape index (κ1) is 15.6. The molecule has 0 bridgehead atoms. The van der Waals surface area contributed by atoms with Gasteiger partial charge < -0.3 is 16.0 Å². The zero-order valence-electron chi connectivity index (χ0n) is 13.3. The van der Waals surface area contributed by atoms with Crippen molar-refractivity contribution in [2.45, 2.75) is 33.4 Å². The molecule has 3 aromatic rings. The number of nitrogens with zero attached hydrogens (tertiary/aromatic N) is 2. The first-order valence-corrected chi connectivity index (χ1v) is 8.21. The molecular formula is C16H19N5OS. The zero-order chi connectivity index (χ0) is 16.6. The van der Waals surface area contributed by atoms with E-state index in [4.69, 9.17) is 5.73 Å². The number of fused-ring (bicyclic) bond motifs is 1. The molecule has 0 aliphatic rings. The number of H-pyrrole nitrogens is 1. The van der Waals surface area contributed by atoms with E-state index < -0.39 is 0 Å². The number of nitrogen functional groups attached to an aromatic ring is 1. The third-order valence-electron chi connectivity index (χ3n) is 3.88. The van der Waals surface area contributed by atoms with Gasteiger partial charge in [-0.05, 0) is 31.9 Å². The Labute approximate surface area is 137 Å². The van der Waals surface area contributed by atoms with Crippen molar-refractivity contribution in [1.82, 2.24) is 20.5 Å². The summed E-state index contributed by atoms with van der Waals surface area (Å²) in [6.45, 7) is 6.49. The van der Waals surface area contributed by atoms with Gasteiger partial charge in [0.05, 0.1) is 11.6 Å². The molecule has 0 unspecified atom stereocenters.